The van der Waals surface area contributed by atoms with E-state index < -0.39 is 52.2 Å². The summed E-state index contributed by atoms with van der Waals surface area (Å²) in [6.45, 7) is 2.19. The van der Waals surface area contributed by atoms with Gasteiger partial charge in [-0.15, -0.1) is 6.42 Å². The lowest BCUT2D eigenvalue weighted by molar-refractivity contribution is -0.0541. The largest absolute Gasteiger partial charge is 0.387 e. The quantitative estimate of drug-likeness (QED) is 0.0423. The maximum absolute atomic E-state index is 12.1. The lowest BCUT2D eigenvalue weighted by Gasteiger charge is -2.25. The molecule has 2 aromatic heterocycles. The normalized spacial score (nSPS) is 20.3. The number of ether oxygens (including phenoxy) is 5. The molecule has 1 aliphatic rings. The second-order valence-electron chi connectivity index (χ2n) is 11.1. The van der Waals surface area contributed by atoms with E-state index in [-0.39, 0.29) is 43.8 Å². The molecule has 3 aromatic rings. The number of benzene rings is 1. The van der Waals surface area contributed by atoms with E-state index in [0.717, 1.165) is 4.68 Å². The van der Waals surface area contributed by atoms with Crippen LogP contribution in [0.4, 0.5) is 5.82 Å². The highest BCUT2D eigenvalue weighted by molar-refractivity contribution is 7.70. The van der Waals surface area contributed by atoms with Crippen molar-refractivity contribution in [2.75, 3.05) is 76.8 Å². The molecule has 0 radical (unpaired) electrons. The molecule has 52 heavy (non-hydrogen) atoms. The number of hydrogen-bond acceptors (Lipinski definition) is 14. The Kier molecular flexibility index (Phi) is 16.5. The van der Waals surface area contributed by atoms with Gasteiger partial charge >= 0.3 is 15.2 Å². The van der Waals surface area contributed by atoms with Crippen LogP contribution in [0.5, 0.6) is 0 Å². The Labute approximate surface area is 313 Å². The molecule has 0 amide bonds. The maximum atomic E-state index is 12.1. The maximum Gasteiger partial charge on any atom is 0.340 e. The molecule has 3 heterocycles. The highest BCUT2D eigenvalue weighted by atomic mass is 35.5. The minimum atomic E-state index is -4.90. The summed E-state index contributed by atoms with van der Waals surface area (Å²) in [7, 11) is -9.67. The number of aliphatic hydroxyl groups excluding tert-OH is 2. The zero-order chi connectivity index (χ0) is 37.9. The molecule has 18 nitrogen and oxygen atoms in total. The summed E-state index contributed by atoms with van der Waals surface area (Å²) in [6.07, 6.45) is 0.451. The van der Waals surface area contributed by atoms with Crippen molar-refractivity contribution in [3.05, 3.63) is 45.3 Å². The Morgan fingerprint density at radius 1 is 0.923 bits per heavy atom. The molecule has 1 saturated heterocycles. The summed E-state index contributed by atoms with van der Waals surface area (Å²) in [5, 5.41) is 26.8. The van der Waals surface area contributed by atoms with E-state index in [2.05, 4.69) is 21.0 Å². The average molecular weight is 833 g/mol. The number of aromatic nitrogens is 4. The van der Waals surface area contributed by atoms with Gasteiger partial charge in [0.1, 0.15) is 30.7 Å². The van der Waals surface area contributed by atoms with Crippen molar-refractivity contribution in [1.29, 1.82) is 0 Å². The topological polar surface area (TPSA) is 238 Å². The second kappa shape index (κ2) is 20.1. The summed E-state index contributed by atoms with van der Waals surface area (Å²) in [4.78, 5) is 38.4. The second-order valence-corrected chi connectivity index (χ2v) is 16.3. The van der Waals surface area contributed by atoms with Gasteiger partial charge in [0.15, 0.2) is 17.8 Å². The molecule has 1 unspecified atom stereocenters. The van der Waals surface area contributed by atoms with Crippen LogP contribution in [0.2, 0.25) is 15.3 Å². The molecule has 5 N–H and O–H groups in total. The van der Waals surface area contributed by atoms with Gasteiger partial charge in [-0.25, -0.2) is 4.68 Å². The van der Waals surface area contributed by atoms with Crippen molar-refractivity contribution < 1.29 is 62.2 Å². The Hall–Kier alpha value is -1.98. The van der Waals surface area contributed by atoms with Crippen molar-refractivity contribution >= 4 is 66.8 Å². The van der Waals surface area contributed by atoms with Crippen LogP contribution in [0, 0.1) is 12.3 Å². The fraction of sp³-hybridized carbons (Fsp3) is 0.552. The number of nitrogens with zero attached hydrogens (tertiary/aromatic N) is 5. The van der Waals surface area contributed by atoms with E-state index >= 15 is 0 Å². The SMILES string of the molecule is C#CCOCCOCCOCCOCCN(Cc1c(Cl)cccc1Cl)c1nc(Cl)nc2c1cnn2[C@@H]1O[C@H](COP(=O)(O)CP(=O)(O)O)[C@@H](O)[C@H]1O. The van der Waals surface area contributed by atoms with Gasteiger partial charge in [-0.05, 0) is 23.7 Å². The van der Waals surface area contributed by atoms with Gasteiger partial charge < -0.3 is 58.0 Å². The first kappa shape index (κ1) is 42.8. The van der Waals surface area contributed by atoms with Crippen LogP contribution in [-0.4, -0.2) is 135 Å². The first-order chi connectivity index (χ1) is 24.7. The summed E-state index contributed by atoms with van der Waals surface area (Å²) in [5.74, 6) is 1.23. The van der Waals surface area contributed by atoms with Gasteiger partial charge in [-0.3, -0.25) is 9.13 Å². The third kappa shape index (κ3) is 12.5. The lowest BCUT2D eigenvalue weighted by atomic mass is 10.1. The van der Waals surface area contributed by atoms with E-state index in [4.69, 9.17) is 79.2 Å². The van der Waals surface area contributed by atoms with E-state index in [1.807, 2.05) is 0 Å². The van der Waals surface area contributed by atoms with E-state index in [9.17, 15) is 24.2 Å². The molecule has 0 bridgehead atoms. The smallest absolute Gasteiger partial charge is 0.340 e. The molecular formula is C29H38Cl3N5O13P2. The molecule has 0 spiro atoms. The molecule has 0 aliphatic carbocycles. The number of anilines is 1. The van der Waals surface area contributed by atoms with Crippen LogP contribution in [0.1, 0.15) is 11.8 Å². The fourth-order valence-corrected chi connectivity index (χ4v) is 8.19. The van der Waals surface area contributed by atoms with Crippen LogP contribution in [0.3, 0.4) is 0 Å². The van der Waals surface area contributed by atoms with E-state index in [0.29, 0.717) is 59.8 Å². The molecule has 288 valence electrons. The summed E-state index contributed by atoms with van der Waals surface area (Å²) >= 11 is 19.4. The van der Waals surface area contributed by atoms with Gasteiger partial charge in [-0.2, -0.15) is 15.1 Å². The van der Waals surface area contributed by atoms with Gasteiger partial charge in [0.05, 0.1) is 64.4 Å². The number of terminal acetylenes is 1. The molecule has 23 heteroatoms. The standard InChI is InChI=1S/C29H38Cl3N5O13P2/c1-2-7-45-9-11-47-13-14-48-12-10-46-8-6-36(16-20-21(30)4-3-5-22(20)31)26-19-15-33-37(27(19)35-29(32)34-26)28-25(39)24(38)23(50-28)17-49-52(43,44)18-51(40,41)42/h1,3-5,15,23-25,28,38-39H,6-14,16-18H2,(H,43,44)(H2,40,41,42)/t23-,24-,25-,28-/m1/s1. The van der Waals surface area contributed by atoms with Crippen LogP contribution in [0.25, 0.3) is 11.0 Å². The predicted molar refractivity (Wildman–Crippen MR) is 189 cm³/mol. The van der Waals surface area contributed by atoms with Crippen molar-refractivity contribution in [1.82, 2.24) is 19.7 Å². The highest BCUT2D eigenvalue weighted by Gasteiger charge is 2.46. The first-order valence-corrected chi connectivity index (χ1v) is 20.3. The summed E-state index contributed by atoms with van der Waals surface area (Å²) in [6, 6.07) is 5.09. The van der Waals surface area contributed by atoms with E-state index in [1.165, 1.54) is 6.20 Å². The molecule has 5 atom stereocenters. The fourth-order valence-electron chi connectivity index (χ4n) is 4.94. The van der Waals surface area contributed by atoms with E-state index in [1.54, 1.807) is 23.1 Å². The van der Waals surface area contributed by atoms with Crippen LogP contribution >= 0.6 is 50.0 Å². The zero-order valence-electron chi connectivity index (χ0n) is 27.4. The zero-order valence-corrected chi connectivity index (χ0v) is 31.5. The number of aliphatic hydroxyl groups is 2. The van der Waals surface area contributed by atoms with Crippen LogP contribution < -0.4 is 4.90 Å². The minimum Gasteiger partial charge on any atom is -0.387 e. The van der Waals surface area contributed by atoms with Crippen LogP contribution in [-0.2, 0) is 43.9 Å². The Balaban J connectivity index is 1.46. The average Bonchev–Trinajstić information content (AvgIpc) is 3.61. The molecule has 4 rings (SSSR count). The van der Waals surface area contributed by atoms with Gasteiger partial charge in [0, 0.05) is 28.7 Å². The molecule has 1 aromatic carbocycles. The number of fused-ring (bicyclic) bond motifs is 1. The Morgan fingerprint density at radius 3 is 2.15 bits per heavy atom. The third-order valence-electron chi connectivity index (χ3n) is 7.31. The summed E-state index contributed by atoms with van der Waals surface area (Å²) in [5.41, 5.74) is 0.686. The summed E-state index contributed by atoms with van der Waals surface area (Å²) < 4.78 is 56.9. The Bertz CT molecular complexity index is 1740. The van der Waals surface area contributed by atoms with Crippen LogP contribution in [0.15, 0.2) is 24.4 Å². The molecule has 1 fully saturated rings. The monoisotopic (exact) mass is 831 g/mol. The first-order valence-electron chi connectivity index (χ1n) is 15.6. The van der Waals surface area contributed by atoms with Gasteiger partial charge in [0.2, 0.25) is 5.28 Å². The minimum absolute atomic E-state index is 0.0940. The van der Waals surface area contributed by atoms with Crippen molar-refractivity contribution in [2.24, 2.45) is 0 Å². The van der Waals surface area contributed by atoms with Crippen molar-refractivity contribution in [2.45, 2.75) is 31.1 Å². The third-order valence-corrected chi connectivity index (χ3v) is 11.6. The number of rotatable bonds is 22. The molecular weight excluding hydrogens is 795 g/mol. The number of halogens is 3. The van der Waals surface area contributed by atoms with Gasteiger partial charge in [-0.1, -0.05) is 35.2 Å². The lowest BCUT2D eigenvalue weighted by Crippen LogP contribution is -2.33. The van der Waals surface area contributed by atoms with Gasteiger partial charge in [0.25, 0.3) is 0 Å². The Morgan fingerprint density at radius 2 is 1.54 bits per heavy atom. The predicted octanol–water partition coefficient (Wildman–Crippen LogP) is 2.45. The molecule has 0 saturated carbocycles. The number of hydrogen-bond donors (Lipinski definition) is 5. The van der Waals surface area contributed by atoms with Crippen molar-refractivity contribution in [3.8, 4) is 12.3 Å². The molecule has 1 aliphatic heterocycles. The van der Waals surface area contributed by atoms with Crippen molar-refractivity contribution in [3.63, 3.8) is 0 Å². The highest BCUT2D eigenvalue weighted by Crippen LogP contribution is 2.55.